The summed E-state index contributed by atoms with van der Waals surface area (Å²) in [4.78, 5) is 11.4. The van der Waals surface area contributed by atoms with Gasteiger partial charge in [-0.1, -0.05) is 48.0 Å². The van der Waals surface area contributed by atoms with E-state index >= 15 is 0 Å². The molecule has 0 spiro atoms. The zero-order valence-corrected chi connectivity index (χ0v) is 16.2. The number of benzene rings is 3. The number of carbonyl (C=O) groups is 1. The van der Waals surface area contributed by atoms with E-state index in [0.29, 0.717) is 29.8 Å². The van der Waals surface area contributed by atoms with E-state index in [9.17, 15) is 18.7 Å². The summed E-state index contributed by atoms with van der Waals surface area (Å²) in [6, 6.07) is 21.5. The maximum atomic E-state index is 11.9. The van der Waals surface area contributed by atoms with Crippen LogP contribution in [0.4, 0.5) is 11.4 Å². The van der Waals surface area contributed by atoms with E-state index in [0.717, 1.165) is 16.7 Å². The third kappa shape index (κ3) is 4.65. The van der Waals surface area contributed by atoms with Gasteiger partial charge in [-0.15, -0.1) is 0 Å². The van der Waals surface area contributed by atoms with Gasteiger partial charge in [0.15, 0.2) is 0 Å². The molecule has 144 valence electrons. The van der Waals surface area contributed by atoms with E-state index in [1.165, 1.54) is 4.31 Å². The number of hydrogen-bond donors (Lipinski definition) is 1. The average molecular weight is 394 g/mol. The first-order chi connectivity index (χ1) is 13.5. The van der Waals surface area contributed by atoms with Crippen molar-refractivity contribution in [3.8, 4) is 0 Å². The quantitative estimate of drug-likeness (QED) is 0.602. The van der Waals surface area contributed by atoms with Crippen LogP contribution in [0.3, 0.4) is 0 Å². The predicted octanol–water partition coefficient (Wildman–Crippen LogP) is 4.41. The van der Waals surface area contributed by atoms with Crippen molar-refractivity contribution in [2.75, 3.05) is 4.31 Å². The molecule has 0 aliphatic carbocycles. The molecule has 3 rings (SSSR count). The molecule has 0 bridgehead atoms. The number of anilines is 2. The van der Waals surface area contributed by atoms with Crippen molar-refractivity contribution in [2.24, 2.45) is 0 Å². The van der Waals surface area contributed by atoms with Crippen LogP contribution in [0.25, 0.3) is 0 Å². The van der Waals surface area contributed by atoms with Gasteiger partial charge in [0.05, 0.1) is 28.2 Å². The lowest BCUT2D eigenvalue weighted by Crippen LogP contribution is -2.19. The molecule has 3 aromatic carbocycles. The monoisotopic (exact) mass is 394 g/mol. The van der Waals surface area contributed by atoms with Gasteiger partial charge in [-0.05, 0) is 61.2 Å². The SMILES string of the molecule is Cc1ccc(N(c2cccc(CCc3ccccc3C(=O)O)c2)S(=O)[O-])cc1. The highest BCUT2D eigenvalue weighted by atomic mass is 32.2. The van der Waals surface area contributed by atoms with Crippen LogP contribution in [-0.2, 0) is 24.1 Å². The van der Waals surface area contributed by atoms with Gasteiger partial charge in [-0.25, -0.2) is 4.79 Å². The van der Waals surface area contributed by atoms with E-state index in [-0.39, 0.29) is 0 Å². The molecule has 1 N–H and O–H groups in total. The first kappa shape index (κ1) is 19.8. The molecule has 0 fully saturated rings. The van der Waals surface area contributed by atoms with Crippen LogP contribution >= 0.6 is 0 Å². The second-order valence-electron chi connectivity index (χ2n) is 6.48. The molecule has 6 heteroatoms. The lowest BCUT2D eigenvalue weighted by atomic mass is 9.99. The minimum Gasteiger partial charge on any atom is -0.755 e. The molecule has 0 aliphatic heterocycles. The fourth-order valence-electron chi connectivity index (χ4n) is 3.07. The second kappa shape index (κ2) is 8.82. The molecular weight excluding hydrogens is 374 g/mol. The summed E-state index contributed by atoms with van der Waals surface area (Å²) in [6.07, 6.45) is 1.16. The lowest BCUT2D eigenvalue weighted by molar-refractivity contribution is 0.0695. The molecule has 0 heterocycles. The Morgan fingerprint density at radius 2 is 1.68 bits per heavy atom. The number of nitrogens with zero attached hydrogens (tertiary/aromatic N) is 1. The van der Waals surface area contributed by atoms with Crippen LogP contribution in [0.1, 0.15) is 27.0 Å². The third-order valence-corrected chi connectivity index (χ3v) is 5.21. The maximum Gasteiger partial charge on any atom is 0.335 e. The van der Waals surface area contributed by atoms with E-state index in [4.69, 9.17) is 0 Å². The number of carboxylic acids is 1. The summed E-state index contributed by atoms with van der Waals surface area (Å²) in [5.41, 5.74) is 4.13. The van der Waals surface area contributed by atoms with Crippen molar-refractivity contribution in [1.29, 1.82) is 0 Å². The third-order valence-electron chi connectivity index (χ3n) is 4.49. The molecule has 0 saturated heterocycles. The molecule has 1 atom stereocenters. The fourth-order valence-corrected chi connectivity index (χ4v) is 3.65. The van der Waals surface area contributed by atoms with Crippen molar-refractivity contribution in [2.45, 2.75) is 19.8 Å². The zero-order valence-electron chi connectivity index (χ0n) is 15.4. The van der Waals surface area contributed by atoms with Crippen LogP contribution in [0.15, 0.2) is 72.8 Å². The van der Waals surface area contributed by atoms with Crippen LogP contribution in [0.5, 0.6) is 0 Å². The molecule has 5 nitrogen and oxygen atoms in total. The first-order valence-electron chi connectivity index (χ1n) is 8.82. The Kier molecular flexibility index (Phi) is 6.23. The highest BCUT2D eigenvalue weighted by Crippen LogP contribution is 2.28. The Balaban J connectivity index is 1.84. The fraction of sp³-hybridized carbons (Fsp3) is 0.136. The van der Waals surface area contributed by atoms with Crippen LogP contribution < -0.4 is 4.31 Å². The molecular formula is C22H20NO4S-. The molecule has 0 amide bonds. The Labute approximate surface area is 166 Å². The number of aryl methyl sites for hydroxylation is 3. The molecule has 3 aromatic rings. The number of carboxylic acid groups (broad SMARTS) is 1. The van der Waals surface area contributed by atoms with Gasteiger partial charge in [-0.2, -0.15) is 0 Å². The second-order valence-corrected chi connectivity index (χ2v) is 7.28. The summed E-state index contributed by atoms with van der Waals surface area (Å²) in [5.74, 6) is -0.948. The normalized spacial score (nSPS) is 11.8. The van der Waals surface area contributed by atoms with Gasteiger partial charge in [0.25, 0.3) is 0 Å². The topological polar surface area (TPSA) is 80.7 Å². The minimum atomic E-state index is -2.46. The minimum absolute atomic E-state index is 0.292. The number of aromatic carboxylic acids is 1. The Morgan fingerprint density at radius 3 is 2.36 bits per heavy atom. The van der Waals surface area contributed by atoms with Gasteiger partial charge in [0.1, 0.15) is 0 Å². The summed E-state index contributed by atoms with van der Waals surface area (Å²) in [7, 11) is 0. The van der Waals surface area contributed by atoms with Crippen molar-refractivity contribution in [1.82, 2.24) is 0 Å². The molecule has 28 heavy (non-hydrogen) atoms. The zero-order chi connectivity index (χ0) is 20.1. The van der Waals surface area contributed by atoms with Gasteiger partial charge >= 0.3 is 5.97 Å². The van der Waals surface area contributed by atoms with Gasteiger partial charge in [-0.3, -0.25) is 8.51 Å². The first-order valence-corrected chi connectivity index (χ1v) is 9.85. The Hall–Kier alpha value is -2.96. The maximum absolute atomic E-state index is 11.9. The molecule has 0 radical (unpaired) electrons. The van der Waals surface area contributed by atoms with E-state index in [1.807, 2.05) is 43.3 Å². The van der Waals surface area contributed by atoms with Crippen molar-refractivity contribution < 1.29 is 18.7 Å². The largest absolute Gasteiger partial charge is 0.755 e. The highest BCUT2D eigenvalue weighted by Gasteiger charge is 2.12. The van der Waals surface area contributed by atoms with Gasteiger partial charge in [0.2, 0.25) is 0 Å². The Bertz CT molecular complexity index is 1000. The molecule has 0 saturated carbocycles. The lowest BCUT2D eigenvalue weighted by Gasteiger charge is -2.27. The average Bonchev–Trinajstić information content (AvgIpc) is 2.68. The van der Waals surface area contributed by atoms with Crippen molar-refractivity contribution in [3.05, 3.63) is 95.1 Å². The van der Waals surface area contributed by atoms with E-state index in [1.54, 1.807) is 36.4 Å². The number of hydrogen-bond acceptors (Lipinski definition) is 3. The highest BCUT2D eigenvalue weighted by molar-refractivity contribution is 7.81. The smallest absolute Gasteiger partial charge is 0.335 e. The summed E-state index contributed by atoms with van der Waals surface area (Å²) in [5, 5.41) is 9.31. The Morgan fingerprint density at radius 1 is 0.964 bits per heavy atom. The van der Waals surface area contributed by atoms with E-state index < -0.39 is 17.2 Å². The summed E-state index contributed by atoms with van der Waals surface area (Å²) >= 11 is -2.46. The standard InChI is InChI=1S/C22H21NO4S/c1-16-9-13-19(14-10-16)23(28(26)27)20-7-4-5-17(15-20)11-12-18-6-2-3-8-21(18)22(24)25/h2-10,13-15H,11-12H2,1H3,(H,24,25)(H,26,27)/p-1. The van der Waals surface area contributed by atoms with Crippen LogP contribution in [0, 0.1) is 6.92 Å². The summed E-state index contributed by atoms with van der Waals surface area (Å²) in [6.45, 7) is 1.94. The van der Waals surface area contributed by atoms with Crippen LogP contribution in [-0.4, -0.2) is 19.8 Å². The van der Waals surface area contributed by atoms with E-state index in [2.05, 4.69) is 0 Å². The molecule has 0 aliphatic rings. The molecule has 0 aromatic heterocycles. The summed E-state index contributed by atoms with van der Waals surface area (Å²) < 4.78 is 25.0. The predicted molar refractivity (Wildman–Crippen MR) is 109 cm³/mol. The van der Waals surface area contributed by atoms with Crippen molar-refractivity contribution >= 4 is 28.6 Å². The molecule has 1 unspecified atom stereocenters. The van der Waals surface area contributed by atoms with Gasteiger partial charge in [0, 0.05) is 0 Å². The van der Waals surface area contributed by atoms with Crippen LogP contribution in [0.2, 0.25) is 0 Å². The van der Waals surface area contributed by atoms with Gasteiger partial charge < -0.3 is 9.66 Å². The van der Waals surface area contributed by atoms with Crippen molar-refractivity contribution in [3.63, 3.8) is 0 Å². The number of rotatable bonds is 7.